The highest BCUT2D eigenvalue weighted by atomic mass is 16.6. The lowest BCUT2D eigenvalue weighted by Crippen LogP contribution is -2.34. The molecule has 3 atom stereocenters. The molecular formula is C28H33NO6. The van der Waals surface area contributed by atoms with E-state index in [1.807, 2.05) is 68.4 Å². The second-order valence-corrected chi connectivity index (χ2v) is 9.07. The first kappa shape index (κ1) is 25.1. The lowest BCUT2D eigenvalue weighted by atomic mass is 9.95. The van der Waals surface area contributed by atoms with Crippen molar-refractivity contribution in [3.8, 4) is 11.5 Å². The summed E-state index contributed by atoms with van der Waals surface area (Å²) in [7, 11) is 0. The van der Waals surface area contributed by atoms with Crippen molar-refractivity contribution in [1.29, 1.82) is 0 Å². The maximum atomic E-state index is 11.6. The van der Waals surface area contributed by atoms with E-state index in [0.29, 0.717) is 18.9 Å². The number of benzene rings is 2. The summed E-state index contributed by atoms with van der Waals surface area (Å²) in [5.41, 5.74) is 3.83. The van der Waals surface area contributed by atoms with Gasteiger partial charge in [-0.25, -0.2) is 9.78 Å². The largest absolute Gasteiger partial charge is 0.479 e. The number of rotatable bonds is 11. The van der Waals surface area contributed by atoms with E-state index < -0.39 is 12.1 Å². The van der Waals surface area contributed by atoms with Crippen LogP contribution in [-0.2, 0) is 32.2 Å². The molecule has 2 aromatic carbocycles. The Hall–Kier alpha value is -3.00. The van der Waals surface area contributed by atoms with Crippen LogP contribution >= 0.6 is 0 Å². The van der Waals surface area contributed by atoms with E-state index in [1.54, 1.807) is 0 Å². The van der Waals surface area contributed by atoms with Crippen LogP contribution in [0, 0.1) is 13.8 Å². The quantitative estimate of drug-likeness (QED) is 0.390. The highest BCUT2D eigenvalue weighted by Gasteiger charge is 2.27. The molecule has 1 aliphatic carbocycles. The number of carboxylic acids is 1. The van der Waals surface area contributed by atoms with Crippen LogP contribution < -0.4 is 0 Å². The summed E-state index contributed by atoms with van der Waals surface area (Å²) < 4.78 is 23.6. The summed E-state index contributed by atoms with van der Waals surface area (Å²) in [6.07, 6.45) is 2.46. The molecule has 1 aliphatic rings. The first-order valence-corrected chi connectivity index (χ1v) is 12.1. The molecule has 186 valence electrons. The molecule has 0 bridgehead atoms. The van der Waals surface area contributed by atoms with Gasteiger partial charge in [0.05, 0.1) is 32.0 Å². The first-order chi connectivity index (χ1) is 17.0. The van der Waals surface area contributed by atoms with Crippen molar-refractivity contribution in [3.63, 3.8) is 0 Å². The highest BCUT2D eigenvalue weighted by molar-refractivity contribution is 5.72. The van der Waals surface area contributed by atoms with Crippen LogP contribution in [0.2, 0.25) is 0 Å². The van der Waals surface area contributed by atoms with Crippen molar-refractivity contribution in [2.45, 2.75) is 71.1 Å². The van der Waals surface area contributed by atoms with Gasteiger partial charge in [-0.2, -0.15) is 0 Å². The minimum atomic E-state index is -1.02. The zero-order valence-corrected chi connectivity index (χ0v) is 20.3. The van der Waals surface area contributed by atoms with Crippen molar-refractivity contribution >= 4 is 5.97 Å². The van der Waals surface area contributed by atoms with Gasteiger partial charge in [-0.3, -0.25) is 0 Å². The fraction of sp³-hybridized carbons (Fsp3) is 0.429. The fourth-order valence-electron chi connectivity index (χ4n) is 4.25. The third kappa shape index (κ3) is 7.24. The van der Waals surface area contributed by atoms with Crippen molar-refractivity contribution in [2.24, 2.45) is 0 Å². The predicted molar refractivity (Wildman–Crippen MR) is 131 cm³/mol. The van der Waals surface area contributed by atoms with Crippen molar-refractivity contribution < 1.29 is 28.5 Å². The number of ether oxygens (including phenoxy) is 3. The summed E-state index contributed by atoms with van der Waals surface area (Å²) in [6, 6.07) is 17.6. The Labute approximate surface area is 206 Å². The van der Waals surface area contributed by atoms with Crippen LogP contribution in [0.3, 0.4) is 0 Å². The average Bonchev–Trinajstić information content (AvgIpc) is 3.24. The van der Waals surface area contributed by atoms with Crippen molar-refractivity contribution in [3.05, 3.63) is 77.2 Å². The molecule has 1 saturated carbocycles. The molecule has 4 rings (SSSR count). The number of hydrogen-bond donors (Lipinski definition) is 1. The number of hydrogen-bond acceptors (Lipinski definition) is 6. The molecule has 0 aliphatic heterocycles. The van der Waals surface area contributed by atoms with E-state index >= 15 is 0 Å². The number of aliphatic carboxylic acids is 1. The Morgan fingerprint density at radius 2 is 1.83 bits per heavy atom. The van der Waals surface area contributed by atoms with E-state index in [4.69, 9.17) is 18.6 Å². The summed E-state index contributed by atoms with van der Waals surface area (Å²) in [6.45, 7) is 4.57. The van der Waals surface area contributed by atoms with Crippen molar-refractivity contribution in [2.75, 3.05) is 6.61 Å². The van der Waals surface area contributed by atoms with Gasteiger partial charge in [0, 0.05) is 5.56 Å². The van der Waals surface area contributed by atoms with Gasteiger partial charge in [-0.05, 0) is 57.2 Å². The molecule has 3 unspecified atom stereocenters. The van der Waals surface area contributed by atoms with Crippen LogP contribution in [0.15, 0.2) is 59.0 Å². The van der Waals surface area contributed by atoms with Crippen molar-refractivity contribution in [1.82, 2.24) is 4.98 Å². The summed E-state index contributed by atoms with van der Waals surface area (Å²) in [4.78, 5) is 16.3. The SMILES string of the molecule is Cc1cccc(-c2nc(COC3CCCC(OCC(OCc4ccccc4)C(=O)O)C3)c(C)o2)c1. The number of aromatic nitrogens is 1. The van der Waals surface area contributed by atoms with E-state index in [0.717, 1.165) is 47.4 Å². The maximum Gasteiger partial charge on any atom is 0.335 e. The molecule has 1 N–H and O–H groups in total. The van der Waals surface area contributed by atoms with Gasteiger partial charge in [0.15, 0.2) is 6.10 Å². The lowest BCUT2D eigenvalue weighted by molar-refractivity contribution is -0.159. The summed E-state index contributed by atoms with van der Waals surface area (Å²) in [5, 5.41) is 9.52. The topological polar surface area (TPSA) is 91.0 Å². The summed E-state index contributed by atoms with van der Waals surface area (Å²) in [5.74, 6) is 0.338. The Balaban J connectivity index is 1.25. The fourth-order valence-corrected chi connectivity index (χ4v) is 4.25. The molecular weight excluding hydrogens is 446 g/mol. The van der Waals surface area contributed by atoms with E-state index in [-0.39, 0.29) is 25.4 Å². The van der Waals surface area contributed by atoms with Gasteiger partial charge < -0.3 is 23.7 Å². The van der Waals surface area contributed by atoms with Gasteiger partial charge in [0.2, 0.25) is 5.89 Å². The van der Waals surface area contributed by atoms with Gasteiger partial charge in [-0.1, -0.05) is 48.0 Å². The molecule has 7 nitrogen and oxygen atoms in total. The van der Waals surface area contributed by atoms with E-state index in [2.05, 4.69) is 4.98 Å². The molecule has 1 aromatic heterocycles. The van der Waals surface area contributed by atoms with Gasteiger partial charge in [0.1, 0.15) is 11.5 Å². The Kier molecular flexibility index (Phi) is 8.69. The lowest BCUT2D eigenvalue weighted by Gasteiger charge is -2.29. The Morgan fingerprint density at radius 3 is 2.57 bits per heavy atom. The van der Waals surface area contributed by atoms with E-state index in [1.165, 1.54) is 0 Å². The molecule has 0 saturated heterocycles. The second-order valence-electron chi connectivity index (χ2n) is 9.07. The first-order valence-electron chi connectivity index (χ1n) is 12.1. The zero-order valence-electron chi connectivity index (χ0n) is 20.3. The standard InChI is InChI=1S/C28H33NO6/c1-19-8-6-11-22(14-19)27-29-25(20(2)35-27)17-32-23-12-7-13-24(15-23)33-18-26(28(30)31)34-16-21-9-4-3-5-10-21/h3-6,8-11,14,23-24,26H,7,12-13,15-18H2,1-2H3,(H,30,31). The second kappa shape index (κ2) is 12.1. The smallest absolute Gasteiger partial charge is 0.335 e. The van der Waals surface area contributed by atoms with Gasteiger partial charge in [0.25, 0.3) is 0 Å². The zero-order chi connectivity index (χ0) is 24.6. The number of nitrogens with zero attached hydrogens (tertiary/aromatic N) is 1. The van der Waals surface area contributed by atoms with Crippen LogP contribution in [-0.4, -0.2) is 41.0 Å². The third-order valence-electron chi connectivity index (χ3n) is 6.24. The predicted octanol–water partition coefficient (Wildman–Crippen LogP) is 5.47. The molecule has 1 fully saturated rings. The Bertz CT molecular complexity index is 1100. The van der Waals surface area contributed by atoms with Crippen LogP contribution in [0.4, 0.5) is 0 Å². The summed E-state index contributed by atoms with van der Waals surface area (Å²) >= 11 is 0. The van der Waals surface area contributed by atoms with E-state index in [9.17, 15) is 9.90 Å². The maximum absolute atomic E-state index is 11.6. The number of oxazole rings is 1. The molecule has 3 aromatic rings. The number of carboxylic acid groups (broad SMARTS) is 1. The highest BCUT2D eigenvalue weighted by Crippen LogP contribution is 2.27. The number of carbonyl (C=O) groups is 1. The Morgan fingerprint density at radius 1 is 1.06 bits per heavy atom. The van der Waals surface area contributed by atoms with Gasteiger partial charge >= 0.3 is 5.97 Å². The minimum Gasteiger partial charge on any atom is -0.479 e. The normalized spacial score (nSPS) is 18.9. The monoisotopic (exact) mass is 479 g/mol. The van der Waals surface area contributed by atoms with Crippen LogP contribution in [0.5, 0.6) is 0 Å². The molecule has 0 amide bonds. The molecule has 35 heavy (non-hydrogen) atoms. The molecule has 0 spiro atoms. The van der Waals surface area contributed by atoms with Crippen LogP contribution in [0.1, 0.15) is 48.3 Å². The minimum absolute atomic E-state index is 0.0157. The van der Waals surface area contributed by atoms with Gasteiger partial charge in [-0.15, -0.1) is 0 Å². The molecule has 1 heterocycles. The average molecular weight is 480 g/mol. The number of aryl methyl sites for hydroxylation is 2. The third-order valence-corrected chi connectivity index (χ3v) is 6.24. The molecule has 7 heteroatoms. The van der Waals surface area contributed by atoms with Crippen LogP contribution in [0.25, 0.3) is 11.5 Å². The molecule has 0 radical (unpaired) electrons.